The van der Waals surface area contributed by atoms with Crippen LogP contribution in [0, 0.1) is 23.3 Å². The summed E-state index contributed by atoms with van der Waals surface area (Å²) in [6, 6.07) is 2.30. The summed E-state index contributed by atoms with van der Waals surface area (Å²) in [5.41, 5.74) is -0.522. The van der Waals surface area contributed by atoms with Crippen LogP contribution in [0.2, 0.25) is 5.02 Å². The van der Waals surface area contributed by atoms with E-state index in [0.717, 1.165) is 6.07 Å². The van der Waals surface area contributed by atoms with E-state index in [1.54, 1.807) is 0 Å². The Labute approximate surface area is 132 Å². The fourth-order valence-corrected chi connectivity index (χ4v) is 2.53. The fraction of sp³-hybridized carbons (Fsp3) is 0.143. The topological polar surface area (TPSA) is 12.0 Å². The first-order valence-corrected chi connectivity index (χ1v) is 6.98. The molecule has 0 heterocycles. The molecule has 2 aromatic rings. The third kappa shape index (κ3) is 3.22. The van der Waals surface area contributed by atoms with Gasteiger partial charge in [0, 0.05) is 27.7 Å². The maximum absolute atomic E-state index is 14.0. The van der Waals surface area contributed by atoms with Crippen molar-refractivity contribution < 1.29 is 17.6 Å². The van der Waals surface area contributed by atoms with E-state index in [4.69, 9.17) is 11.6 Å². The number of hydrogen-bond donors (Lipinski definition) is 1. The summed E-state index contributed by atoms with van der Waals surface area (Å²) in [6.07, 6.45) is 0. The van der Waals surface area contributed by atoms with Gasteiger partial charge in [0.1, 0.15) is 23.3 Å². The quantitative estimate of drug-likeness (QED) is 0.584. The minimum absolute atomic E-state index is 0.0462. The van der Waals surface area contributed by atoms with Crippen LogP contribution in [0.25, 0.3) is 0 Å². The van der Waals surface area contributed by atoms with E-state index in [9.17, 15) is 17.6 Å². The SMILES string of the molecule is CNC(c1cc(Cl)c(Br)cc1F)c1c(F)cc(F)cc1F. The minimum atomic E-state index is -1.14. The molecule has 1 N–H and O–H groups in total. The lowest BCUT2D eigenvalue weighted by Gasteiger charge is -2.20. The summed E-state index contributed by atoms with van der Waals surface area (Å²) >= 11 is 8.95. The highest BCUT2D eigenvalue weighted by atomic mass is 79.9. The molecular formula is C14H9BrClF4N. The molecule has 0 amide bonds. The normalized spacial score (nSPS) is 12.5. The molecule has 21 heavy (non-hydrogen) atoms. The van der Waals surface area contributed by atoms with Crippen LogP contribution in [0.4, 0.5) is 17.6 Å². The minimum Gasteiger partial charge on any atom is -0.309 e. The molecule has 0 radical (unpaired) electrons. The highest BCUT2D eigenvalue weighted by molar-refractivity contribution is 9.10. The zero-order valence-corrected chi connectivity index (χ0v) is 13.0. The third-order valence-corrected chi connectivity index (χ3v) is 4.17. The smallest absolute Gasteiger partial charge is 0.134 e. The average Bonchev–Trinajstić information content (AvgIpc) is 2.38. The van der Waals surface area contributed by atoms with E-state index in [2.05, 4.69) is 21.2 Å². The second-order valence-corrected chi connectivity index (χ2v) is 5.55. The van der Waals surface area contributed by atoms with Gasteiger partial charge in [-0.25, -0.2) is 17.6 Å². The number of hydrogen-bond acceptors (Lipinski definition) is 1. The Bertz CT molecular complexity index is 670. The molecular weight excluding hydrogens is 374 g/mol. The molecule has 0 saturated heterocycles. The molecule has 112 valence electrons. The van der Waals surface area contributed by atoms with Gasteiger partial charge in [0.25, 0.3) is 0 Å². The molecule has 0 bridgehead atoms. The van der Waals surface area contributed by atoms with Gasteiger partial charge in [-0.15, -0.1) is 0 Å². The van der Waals surface area contributed by atoms with Crippen molar-refractivity contribution in [2.24, 2.45) is 0 Å². The molecule has 0 aliphatic carbocycles. The van der Waals surface area contributed by atoms with E-state index < -0.39 is 34.9 Å². The van der Waals surface area contributed by atoms with Crippen molar-refractivity contribution in [3.63, 3.8) is 0 Å². The van der Waals surface area contributed by atoms with Crippen molar-refractivity contribution in [2.75, 3.05) is 7.05 Å². The van der Waals surface area contributed by atoms with Gasteiger partial charge in [-0.3, -0.25) is 0 Å². The molecule has 2 rings (SSSR count). The van der Waals surface area contributed by atoms with Gasteiger partial charge in [0.05, 0.1) is 11.1 Å². The van der Waals surface area contributed by atoms with Gasteiger partial charge in [0.15, 0.2) is 0 Å². The second-order valence-electron chi connectivity index (χ2n) is 4.29. The molecule has 1 nitrogen and oxygen atoms in total. The van der Waals surface area contributed by atoms with E-state index in [1.165, 1.54) is 13.1 Å². The zero-order chi connectivity index (χ0) is 15.7. The van der Waals surface area contributed by atoms with Crippen molar-refractivity contribution in [1.29, 1.82) is 0 Å². The Kier molecular flexibility index (Phi) is 4.91. The Morgan fingerprint density at radius 1 is 1.00 bits per heavy atom. The summed E-state index contributed by atoms with van der Waals surface area (Å²) in [5, 5.41) is 2.80. The number of rotatable bonds is 3. The molecule has 1 unspecified atom stereocenters. The summed E-state index contributed by atoms with van der Waals surface area (Å²) < 4.78 is 55.1. The van der Waals surface area contributed by atoms with Gasteiger partial charge in [-0.05, 0) is 35.1 Å². The molecule has 0 aromatic heterocycles. The van der Waals surface area contributed by atoms with Crippen LogP contribution < -0.4 is 5.32 Å². The van der Waals surface area contributed by atoms with Crippen molar-refractivity contribution in [3.05, 3.63) is 68.2 Å². The highest BCUT2D eigenvalue weighted by Gasteiger charge is 2.25. The molecule has 0 aliphatic heterocycles. The molecule has 2 aromatic carbocycles. The first kappa shape index (κ1) is 16.3. The number of nitrogens with one attached hydrogen (secondary N) is 1. The highest BCUT2D eigenvalue weighted by Crippen LogP contribution is 2.33. The van der Waals surface area contributed by atoms with Crippen LogP contribution in [0.3, 0.4) is 0 Å². The lowest BCUT2D eigenvalue weighted by molar-refractivity contribution is 0.491. The monoisotopic (exact) mass is 381 g/mol. The summed E-state index contributed by atoms with van der Waals surface area (Å²) in [6.45, 7) is 0. The zero-order valence-electron chi connectivity index (χ0n) is 10.7. The number of benzene rings is 2. The first-order valence-electron chi connectivity index (χ1n) is 5.81. The molecule has 0 fully saturated rings. The molecule has 0 aliphatic rings. The van der Waals surface area contributed by atoms with E-state index >= 15 is 0 Å². The average molecular weight is 383 g/mol. The Morgan fingerprint density at radius 3 is 2.10 bits per heavy atom. The predicted octanol–water partition coefficient (Wildman–Crippen LogP) is 4.97. The molecule has 1 atom stereocenters. The Morgan fingerprint density at radius 2 is 1.57 bits per heavy atom. The van der Waals surface area contributed by atoms with Crippen LogP contribution in [-0.4, -0.2) is 7.05 Å². The van der Waals surface area contributed by atoms with Crippen molar-refractivity contribution in [1.82, 2.24) is 5.32 Å². The second kappa shape index (κ2) is 6.34. The van der Waals surface area contributed by atoms with Crippen LogP contribution in [0.5, 0.6) is 0 Å². The van der Waals surface area contributed by atoms with Gasteiger partial charge in [-0.1, -0.05) is 11.6 Å². The van der Waals surface area contributed by atoms with Crippen molar-refractivity contribution in [3.8, 4) is 0 Å². The summed E-state index contributed by atoms with van der Waals surface area (Å²) in [5.74, 6) is -3.96. The molecule has 0 spiro atoms. The predicted molar refractivity (Wildman–Crippen MR) is 76.3 cm³/mol. The first-order chi connectivity index (χ1) is 9.85. The lowest BCUT2D eigenvalue weighted by Crippen LogP contribution is -2.22. The van der Waals surface area contributed by atoms with Crippen LogP contribution in [0.1, 0.15) is 17.2 Å². The maximum Gasteiger partial charge on any atom is 0.134 e. The van der Waals surface area contributed by atoms with Gasteiger partial charge >= 0.3 is 0 Å². The maximum atomic E-state index is 14.0. The molecule has 7 heteroatoms. The Balaban J connectivity index is 2.63. The van der Waals surface area contributed by atoms with E-state index in [0.29, 0.717) is 16.6 Å². The van der Waals surface area contributed by atoms with Crippen molar-refractivity contribution in [2.45, 2.75) is 6.04 Å². The van der Waals surface area contributed by atoms with Gasteiger partial charge in [0.2, 0.25) is 0 Å². The van der Waals surface area contributed by atoms with E-state index in [-0.39, 0.29) is 10.6 Å². The summed E-state index contributed by atoms with van der Waals surface area (Å²) in [7, 11) is 1.41. The van der Waals surface area contributed by atoms with Crippen LogP contribution in [-0.2, 0) is 0 Å². The molecule has 0 saturated carbocycles. The largest absolute Gasteiger partial charge is 0.309 e. The van der Waals surface area contributed by atoms with Gasteiger partial charge in [-0.2, -0.15) is 0 Å². The standard InChI is InChI=1S/C14H9BrClF4N/c1-21-14(7-4-9(16)8(15)5-10(7)18)13-11(19)2-6(17)3-12(13)20/h2-5,14,21H,1H3. The van der Waals surface area contributed by atoms with Crippen LogP contribution in [0.15, 0.2) is 28.7 Å². The summed E-state index contributed by atoms with van der Waals surface area (Å²) in [4.78, 5) is 0. The van der Waals surface area contributed by atoms with E-state index in [1.807, 2.05) is 0 Å². The van der Waals surface area contributed by atoms with Crippen LogP contribution >= 0.6 is 27.5 Å². The number of halogens is 6. The fourth-order valence-electron chi connectivity index (χ4n) is 2.04. The van der Waals surface area contributed by atoms with Gasteiger partial charge < -0.3 is 5.32 Å². The third-order valence-electron chi connectivity index (χ3n) is 2.97. The van der Waals surface area contributed by atoms with Crippen molar-refractivity contribution >= 4 is 27.5 Å². The lowest BCUT2D eigenvalue weighted by atomic mass is 9.97. The Hall–Kier alpha value is -1.11.